The van der Waals surface area contributed by atoms with Crippen molar-refractivity contribution in [3.8, 4) is 0 Å². The second-order valence-electron chi connectivity index (χ2n) is 5.02. The molecule has 2 nitrogen and oxygen atoms in total. The fourth-order valence-electron chi connectivity index (χ4n) is 2.68. The molecule has 1 aromatic rings. The number of carbonyl (C=O) groups excluding carboxylic acids is 1. The summed E-state index contributed by atoms with van der Waals surface area (Å²) in [5.74, 6) is 0.267. The number of piperidine rings is 1. The maximum Gasteiger partial charge on any atom is 0.227 e. The molecule has 0 spiro atoms. The molecule has 0 saturated carbocycles. The molecule has 1 aliphatic heterocycles. The number of amides is 1. The van der Waals surface area contributed by atoms with Crippen molar-refractivity contribution in [2.75, 3.05) is 11.9 Å². The number of likely N-dealkylation sites (tertiary alicyclic amines) is 1. The molecule has 1 amide bonds. The number of hydrogen-bond acceptors (Lipinski definition) is 1. The maximum absolute atomic E-state index is 12.5. The Hall–Kier alpha value is -0.350. The van der Waals surface area contributed by atoms with Crippen molar-refractivity contribution in [1.29, 1.82) is 0 Å². The van der Waals surface area contributed by atoms with E-state index in [4.69, 9.17) is 0 Å². The molecule has 0 bridgehead atoms. The van der Waals surface area contributed by atoms with E-state index < -0.39 is 0 Å². The quantitative estimate of drug-likeness (QED) is 0.709. The first-order chi connectivity index (χ1) is 9.20. The predicted octanol–water partition coefficient (Wildman–Crippen LogP) is 4.16. The Balaban J connectivity index is 2.01. The Morgan fingerprint density at radius 2 is 2.21 bits per heavy atom. The smallest absolute Gasteiger partial charge is 0.227 e. The lowest BCUT2D eigenvalue weighted by molar-refractivity contribution is -0.134. The van der Waals surface area contributed by atoms with Gasteiger partial charge in [-0.1, -0.05) is 44.0 Å². The van der Waals surface area contributed by atoms with E-state index in [0.29, 0.717) is 12.5 Å². The zero-order valence-corrected chi connectivity index (χ0v) is 14.1. The molecule has 104 valence electrons. The predicted molar refractivity (Wildman–Crippen MR) is 85.6 cm³/mol. The normalized spacial score (nSPS) is 19.5. The summed E-state index contributed by atoms with van der Waals surface area (Å²) in [5.41, 5.74) is 1.09. The van der Waals surface area contributed by atoms with E-state index in [-0.39, 0.29) is 5.91 Å². The molecule has 1 heterocycles. The summed E-state index contributed by atoms with van der Waals surface area (Å²) in [5, 5.41) is 0.971. The number of benzene rings is 1. The summed E-state index contributed by atoms with van der Waals surface area (Å²) < 4.78 is 1.04. The topological polar surface area (TPSA) is 20.3 Å². The molecule has 1 aromatic carbocycles. The fraction of sp³-hybridized carbons (Fsp3) is 0.533. The van der Waals surface area contributed by atoms with Gasteiger partial charge in [-0.2, -0.15) is 0 Å². The summed E-state index contributed by atoms with van der Waals surface area (Å²) in [7, 11) is 0. The minimum absolute atomic E-state index is 0.267. The zero-order chi connectivity index (χ0) is 13.7. The second kappa shape index (κ2) is 7.44. The zero-order valence-electron chi connectivity index (χ0n) is 10.9. The lowest BCUT2D eigenvalue weighted by Gasteiger charge is -2.35. The highest BCUT2D eigenvalue weighted by atomic mass is 79.9. The highest BCUT2D eigenvalue weighted by Gasteiger charge is 2.25. The van der Waals surface area contributed by atoms with Gasteiger partial charge in [0.25, 0.3) is 0 Å². The SMILES string of the molecule is O=C(Cc1cccc(Br)c1)N1CCCCC1CCBr. The van der Waals surface area contributed by atoms with Crippen molar-refractivity contribution in [3.05, 3.63) is 34.3 Å². The molecule has 1 saturated heterocycles. The summed E-state index contributed by atoms with van der Waals surface area (Å²) in [6.45, 7) is 0.921. The van der Waals surface area contributed by atoms with Crippen molar-refractivity contribution in [1.82, 2.24) is 4.90 Å². The number of nitrogens with zero attached hydrogens (tertiary/aromatic N) is 1. The number of halogens is 2. The van der Waals surface area contributed by atoms with E-state index in [2.05, 4.69) is 36.8 Å². The molecule has 19 heavy (non-hydrogen) atoms. The maximum atomic E-state index is 12.5. The van der Waals surface area contributed by atoms with E-state index >= 15 is 0 Å². The Labute approximate surface area is 131 Å². The van der Waals surface area contributed by atoms with Gasteiger partial charge in [0, 0.05) is 22.4 Å². The Morgan fingerprint density at radius 1 is 1.37 bits per heavy atom. The van der Waals surface area contributed by atoms with E-state index in [1.165, 1.54) is 6.42 Å². The third kappa shape index (κ3) is 4.32. The van der Waals surface area contributed by atoms with Crippen LogP contribution in [0.5, 0.6) is 0 Å². The molecule has 2 rings (SSSR count). The molecule has 0 radical (unpaired) electrons. The largest absolute Gasteiger partial charge is 0.339 e. The third-order valence-corrected chi connectivity index (χ3v) is 4.59. The number of hydrogen-bond donors (Lipinski definition) is 0. The first-order valence-corrected chi connectivity index (χ1v) is 8.72. The molecule has 4 heteroatoms. The van der Waals surface area contributed by atoms with E-state index in [1.807, 2.05) is 24.3 Å². The van der Waals surface area contributed by atoms with Crippen LogP contribution in [0, 0.1) is 0 Å². The Kier molecular flexibility index (Phi) is 5.89. The van der Waals surface area contributed by atoms with Crippen LogP contribution in [-0.2, 0) is 11.2 Å². The molecule has 1 fully saturated rings. The van der Waals surface area contributed by atoms with Crippen LogP contribution < -0.4 is 0 Å². The molecular formula is C15H19Br2NO. The van der Waals surface area contributed by atoms with E-state index in [0.717, 1.165) is 41.2 Å². The van der Waals surface area contributed by atoms with Gasteiger partial charge in [-0.25, -0.2) is 0 Å². The average molecular weight is 389 g/mol. The van der Waals surface area contributed by atoms with Gasteiger partial charge in [-0.15, -0.1) is 0 Å². The van der Waals surface area contributed by atoms with Crippen LogP contribution in [-0.4, -0.2) is 28.7 Å². The van der Waals surface area contributed by atoms with Gasteiger partial charge in [0.05, 0.1) is 6.42 Å². The highest BCUT2D eigenvalue weighted by Crippen LogP contribution is 2.22. The first-order valence-electron chi connectivity index (χ1n) is 6.80. The minimum Gasteiger partial charge on any atom is -0.339 e. The summed E-state index contributed by atoms with van der Waals surface area (Å²) in [4.78, 5) is 14.5. The standard InChI is InChI=1S/C15H19Br2NO/c16-8-7-14-6-1-2-9-18(14)15(19)11-12-4-3-5-13(17)10-12/h3-5,10,14H,1-2,6-9,11H2. The van der Waals surface area contributed by atoms with Crippen molar-refractivity contribution in [2.24, 2.45) is 0 Å². The van der Waals surface area contributed by atoms with Crippen LogP contribution in [0.2, 0.25) is 0 Å². The molecule has 0 aliphatic carbocycles. The number of alkyl halides is 1. The molecule has 1 atom stereocenters. The van der Waals surface area contributed by atoms with Crippen LogP contribution >= 0.6 is 31.9 Å². The number of rotatable bonds is 4. The summed E-state index contributed by atoms with van der Waals surface area (Å²) in [6.07, 6.45) is 5.11. The van der Waals surface area contributed by atoms with Crippen LogP contribution in [0.4, 0.5) is 0 Å². The van der Waals surface area contributed by atoms with Crippen molar-refractivity contribution in [2.45, 2.75) is 38.1 Å². The van der Waals surface area contributed by atoms with Crippen molar-refractivity contribution >= 4 is 37.8 Å². The van der Waals surface area contributed by atoms with Gasteiger partial charge in [0.2, 0.25) is 5.91 Å². The Bertz CT molecular complexity index is 434. The van der Waals surface area contributed by atoms with Gasteiger partial charge >= 0.3 is 0 Å². The molecule has 1 aliphatic rings. The van der Waals surface area contributed by atoms with Crippen molar-refractivity contribution < 1.29 is 4.79 Å². The van der Waals surface area contributed by atoms with Crippen LogP contribution in [0.25, 0.3) is 0 Å². The van der Waals surface area contributed by atoms with Crippen LogP contribution in [0.15, 0.2) is 28.7 Å². The monoisotopic (exact) mass is 387 g/mol. The molecule has 0 N–H and O–H groups in total. The summed E-state index contributed by atoms with van der Waals surface area (Å²) in [6, 6.07) is 8.45. The van der Waals surface area contributed by atoms with Crippen molar-refractivity contribution in [3.63, 3.8) is 0 Å². The lowest BCUT2D eigenvalue weighted by Crippen LogP contribution is -2.44. The summed E-state index contributed by atoms with van der Waals surface area (Å²) >= 11 is 6.95. The van der Waals surface area contributed by atoms with Gasteiger partial charge in [-0.3, -0.25) is 4.79 Å². The van der Waals surface area contributed by atoms with Gasteiger partial charge in [-0.05, 0) is 43.4 Å². The van der Waals surface area contributed by atoms with Gasteiger partial charge in [0.15, 0.2) is 0 Å². The molecule has 0 aromatic heterocycles. The first kappa shape index (κ1) is 15.0. The third-order valence-electron chi connectivity index (χ3n) is 3.63. The highest BCUT2D eigenvalue weighted by molar-refractivity contribution is 9.10. The average Bonchev–Trinajstić information content (AvgIpc) is 2.39. The lowest BCUT2D eigenvalue weighted by atomic mass is 9.99. The van der Waals surface area contributed by atoms with Crippen LogP contribution in [0.1, 0.15) is 31.2 Å². The fourth-order valence-corrected chi connectivity index (χ4v) is 3.65. The second-order valence-corrected chi connectivity index (χ2v) is 6.73. The van der Waals surface area contributed by atoms with E-state index in [9.17, 15) is 4.79 Å². The van der Waals surface area contributed by atoms with Gasteiger partial charge in [0.1, 0.15) is 0 Å². The van der Waals surface area contributed by atoms with Crippen LogP contribution in [0.3, 0.4) is 0 Å². The molecule has 1 unspecified atom stereocenters. The van der Waals surface area contributed by atoms with E-state index in [1.54, 1.807) is 0 Å². The Morgan fingerprint density at radius 3 is 2.95 bits per heavy atom. The van der Waals surface area contributed by atoms with Gasteiger partial charge < -0.3 is 4.90 Å². The molecular weight excluding hydrogens is 370 g/mol. The minimum atomic E-state index is 0.267. The number of carbonyl (C=O) groups is 1.